The second-order valence-electron chi connectivity index (χ2n) is 7.37. The maximum Gasteiger partial charge on any atom is 0.223 e. The summed E-state index contributed by atoms with van der Waals surface area (Å²) in [6.07, 6.45) is 5.42. The van der Waals surface area contributed by atoms with E-state index in [2.05, 4.69) is 4.90 Å². The first-order valence-corrected chi connectivity index (χ1v) is 9.57. The van der Waals surface area contributed by atoms with Gasteiger partial charge in [0.05, 0.1) is 6.10 Å². The maximum atomic E-state index is 13.0. The van der Waals surface area contributed by atoms with Gasteiger partial charge in [-0.25, -0.2) is 4.39 Å². The predicted molar refractivity (Wildman–Crippen MR) is 95.6 cm³/mol. The molecule has 1 N–H and O–H groups in total. The Labute approximate surface area is 149 Å². The zero-order chi connectivity index (χ0) is 17.6. The van der Waals surface area contributed by atoms with Crippen molar-refractivity contribution >= 4 is 5.91 Å². The molecule has 0 spiro atoms. The van der Waals surface area contributed by atoms with Gasteiger partial charge in [0.2, 0.25) is 5.91 Å². The number of carbonyl (C=O) groups excluding carboxylic acids is 1. The van der Waals surface area contributed by atoms with E-state index in [-0.39, 0.29) is 17.6 Å². The lowest BCUT2D eigenvalue weighted by Gasteiger charge is -2.35. The molecule has 0 radical (unpaired) electrons. The Balaban J connectivity index is 1.40. The Morgan fingerprint density at radius 3 is 2.36 bits per heavy atom. The topological polar surface area (TPSA) is 43.8 Å². The number of nitrogens with zero attached hydrogens (tertiary/aromatic N) is 2. The van der Waals surface area contributed by atoms with Gasteiger partial charge in [0.25, 0.3) is 0 Å². The van der Waals surface area contributed by atoms with Crippen molar-refractivity contribution in [1.29, 1.82) is 0 Å². The number of aliphatic hydroxyl groups is 1. The Morgan fingerprint density at radius 2 is 1.72 bits per heavy atom. The van der Waals surface area contributed by atoms with E-state index in [1.807, 2.05) is 4.90 Å². The van der Waals surface area contributed by atoms with Crippen LogP contribution in [0.4, 0.5) is 4.39 Å². The van der Waals surface area contributed by atoms with E-state index in [1.54, 1.807) is 12.1 Å². The van der Waals surface area contributed by atoms with E-state index in [0.29, 0.717) is 6.42 Å². The SMILES string of the molecule is O=C(CCN1CCC(C(O)c2ccc(F)cc2)CC1)N1CCCCC1. The van der Waals surface area contributed by atoms with E-state index in [0.717, 1.165) is 64.0 Å². The van der Waals surface area contributed by atoms with Crippen LogP contribution in [0.2, 0.25) is 0 Å². The summed E-state index contributed by atoms with van der Waals surface area (Å²) in [6.45, 7) is 4.48. The van der Waals surface area contributed by atoms with Crippen LogP contribution in [0, 0.1) is 11.7 Å². The standard InChI is InChI=1S/C20H29FN2O2/c21-18-6-4-16(5-7-18)20(25)17-8-13-22(14-9-17)15-10-19(24)23-11-2-1-3-12-23/h4-7,17,20,25H,1-3,8-15H2. The van der Waals surface area contributed by atoms with Gasteiger partial charge in [0.15, 0.2) is 0 Å². The molecule has 5 heteroatoms. The molecular formula is C20H29FN2O2. The van der Waals surface area contributed by atoms with Gasteiger partial charge in [-0.1, -0.05) is 12.1 Å². The third-order valence-electron chi connectivity index (χ3n) is 5.64. The van der Waals surface area contributed by atoms with E-state index < -0.39 is 6.10 Å². The van der Waals surface area contributed by atoms with Crippen molar-refractivity contribution in [3.8, 4) is 0 Å². The lowest BCUT2D eigenvalue weighted by molar-refractivity contribution is -0.132. The van der Waals surface area contributed by atoms with E-state index in [9.17, 15) is 14.3 Å². The summed E-state index contributed by atoms with van der Waals surface area (Å²) < 4.78 is 13.0. The van der Waals surface area contributed by atoms with Crippen molar-refractivity contribution in [1.82, 2.24) is 9.80 Å². The second kappa shape index (κ2) is 8.77. The summed E-state index contributed by atoms with van der Waals surface area (Å²) in [6, 6.07) is 6.15. The lowest BCUT2D eigenvalue weighted by Crippen LogP contribution is -2.40. The smallest absolute Gasteiger partial charge is 0.223 e. The Hall–Kier alpha value is -1.46. The first kappa shape index (κ1) is 18.3. The molecule has 1 aromatic carbocycles. The fraction of sp³-hybridized carbons (Fsp3) is 0.650. The number of rotatable bonds is 5. The zero-order valence-corrected chi connectivity index (χ0v) is 14.9. The van der Waals surface area contributed by atoms with E-state index in [4.69, 9.17) is 0 Å². The number of carbonyl (C=O) groups is 1. The number of benzene rings is 1. The quantitative estimate of drug-likeness (QED) is 0.890. The molecule has 0 bridgehead atoms. The third kappa shape index (κ3) is 5.02. The second-order valence-corrected chi connectivity index (χ2v) is 7.37. The minimum Gasteiger partial charge on any atom is -0.388 e. The summed E-state index contributed by atoms with van der Waals surface area (Å²) in [5.74, 6) is 0.219. The average molecular weight is 348 g/mol. The minimum absolute atomic E-state index is 0.208. The van der Waals surface area contributed by atoms with Gasteiger partial charge in [0.1, 0.15) is 5.82 Å². The van der Waals surface area contributed by atoms with Gasteiger partial charge < -0.3 is 14.9 Å². The molecule has 1 aromatic rings. The summed E-state index contributed by atoms with van der Waals surface area (Å²) in [5, 5.41) is 10.5. The number of hydrogen-bond acceptors (Lipinski definition) is 3. The van der Waals surface area contributed by atoms with Crippen molar-refractivity contribution in [3.05, 3.63) is 35.6 Å². The molecule has 2 fully saturated rings. The molecule has 1 unspecified atom stereocenters. The van der Waals surface area contributed by atoms with Crippen LogP contribution < -0.4 is 0 Å². The molecule has 0 saturated carbocycles. The summed E-state index contributed by atoms with van der Waals surface area (Å²) in [7, 11) is 0. The zero-order valence-electron chi connectivity index (χ0n) is 14.9. The number of likely N-dealkylation sites (tertiary alicyclic amines) is 2. The molecule has 25 heavy (non-hydrogen) atoms. The Morgan fingerprint density at radius 1 is 1.08 bits per heavy atom. The number of halogens is 1. The van der Waals surface area contributed by atoms with Crippen LogP contribution in [-0.4, -0.2) is 53.5 Å². The lowest BCUT2D eigenvalue weighted by atomic mass is 9.87. The highest BCUT2D eigenvalue weighted by Crippen LogP contribution is 2.30. The fourth-order valence-corrected chi connectivity index (χ4v) is 3.98. The molecule has 2 aliphatic heterocycles. The fourth-order valence-electron chi connectivity index (χ4n) is 3.98. The monoisotopic (exact) mass is 348 g/mol. The molecule has 3 rings (SSSR count). The summed E-state index contributed by atoms with van der Waals surface area (Å²) >= 11 is 0. The van der Waals surface area contributed by atoms with Crippen LogP contribution in [0.5, 0.6) is 0 Å². The van der Waals surface area contributed by atoms with Crippen LogP contribution in [-0.2, 0) is 4.79 Å². The van der Waals surface area contributed by atoms with Crippen LogP contribution in [0.15, 0.2) is 24.3 Å². The van der Waals surface area contributed by atoms with Gasteiger partial charge in [0, 0.05) is 26.1 Å². The van der Waals surface area contributed by atoms with Crippen molar-refractivity contribution in [2.75, 3.05) is 32.7 Å². The molecule has 0 aliphatic carbocycles. The first-order valence-electron chi connectivity index (χ1n) is 9.57. The highest BCUT2D eigenvalue weighted by molar-refractivity contribution is 5.76. The first-order chi connectivity index (χ1) is 12.1. The highest BCUT2D eigenvalue weighted by atomic mass is 19.1. The highest BCUT2D eigenvalue weighted by Gasteiger charge is 2.27. The molecular weight excluding hydrogens is 319 g/mol. The molecule has 138 valence electrons. The van der Waals surface area contributed by atoms with Crippen molar-refractivity contribution in [3.63, 3.8) is 0 Å². The Kier molecular flexibility index (Phi) is 6.43. The number of amides is 1. The van der Waals surface area contributed by atoms with Crippen LogP contribution in [0.25, 0.3) is 0 Å². The molecule has 1 atom stereocenters. The van der Waals surface area contributed by atoms with Gasteiger partial charge in [-0.3, -0.25) is 4.79 Å². The van der Waals surface area contributed by atoms with Gasteiger partial charge >= 0.3 is 0 Å². The van der Waals surface area contributed by atoms with Gasteiger partial charge in [-0.05, 0) is 68.8 Å². The molecule has 0 aromatic heterocycles. The molecule has 2 aliphatic rings. The molecule has 1 amide bonds. The van der Waals surface area contributed by atoms with E-state index >= 15 is 0 Å². The molecule has 4 nitrogen and oxygen atoms in total. The molecule has 2 heterocycles. The number of hydrogen-bond donors (Lipinski definition) is 1. The minimum atomic E-state index is -0.530. The summed E-state index contributed by atoms with van der Waals surface area (Å²) in [5.41, 5.74) is 0.792. The number of aliphatic hydroxyl groups excluding tert-OH is 1. The Bertz CT molecular complexity index is 549. The largest absolute Gasteiger partial charge is 0.388 e. The molecule has 2 saturated heterocycles. The van der Waals surface area contributed by atoms with Crippen LogP contribution >= 0.6 is 0 Å². The predicted octanol–water partition coefficient (Wildman–Crippen LogP) is 2.97. The van der Waals surface area contributed by atoms with Crippen molar-refractivity contribution in [2.45, 2.75) is 44.6 Å². The third-order valence-corrected chi connectivity index (χ3v) is 5.64. The number of piperidine rings is 2. The van der Waals surface area contributed by atoms with Gasteiger partial charge in [-0.15, -0.1) is 0 Å². The van der Waals surface area contributed by atoms with Crippen molar-refractivity contribution in [2.24, 2.45) is 5.92 Å². The average Bonchev–Trinajstić information content (AvgIpc) is 2.67. The van der Waals surface area contributed by atoms with Crippen LogP contribution in [0.3, 0.4) is 0 Å². The normalized spacial score (nSPS) is 21.3. The van der Waals surface area contributed by atoms with Crippen molar-refractivity contribution < 1.29 is 14.3 Å². The van der Waals surface area contributed by atoms with Crippen LogP contribution in [0.1, 0.15) is 50.2 Å². The van der Waals surface area contributed by atoms with E-state index in [1.165, 1.54) is 18.6 Å². The summed E-state index contributed by atoms with van der Waals surface area (Å²) in [4.78, 5) is 16.6. The van der Waals surface area contributed by atoms with Gasteiger partial charge in [-0.2, -0.15) is 0 Å². The maximum absolute atomic E-state index is 13.0.